The van der Waals surface area contributed by atoms with Crippen molar-refractivity contribution in [2.24, 2.45) is 0 Å². The van der Waals surface area contributed by atoms with Crippen LogP contribution in [0.4, 0.5) is 0 Å². The predicted molar refractivity (Wildman–Crippen MR) is 138 cm³/mol. The molecule has 174 valence electrons. The van der Waals surface area contributed by atoms with E-state index >= 15 is 0 Å². The first-order valence-electron chi connectivity index (χ1n) is 11.3. The minimum atomic E-state index is -0.371. The van der Waals surface area contributed by atoms with E-state index in [1.807, 2.05) is 71.4 Å². The summed E-state index contributed by atoms with van der Waals surface area (Å²) in [5.74, 6) is 0.110. The lowest BCUT2D eigenvalue weighted by Gasteiger charge is -2.10. The zero-order valence-corrected chi connectivity index (χ0v) is 19.7. The number of esters is 1. The molecule has 5 rings (SSSR count). The maximum absolute atomic E-state index is 11.8. The summed E-state index contributed by atoms with van der Waals surface area (Å²) in [6, 6.07) is 26.4. The van der Waals surface area contributed by atoms with E-state index in [0.29, 0.717) is 16.9 Å². The van der Waals surface area contributed by atoms with Gasteiger partial charge < -0.3 is 9.14 Å². The molecule has 6 heteroatoms. The number of fused-ring (bicyclic) bond motifs is 1. The van der Waals surface area contributed by atoms with Gasteiger partial charge >= 0.3 is 5.97 Å². The van der Waals surface area contributed by atoms with Crippen molar-refractivity contribution in [1.82, 2.24) is 9.38 Å². The summed E-state index contributed by atoms with van der Waals surface area (Å²) in [5.41, 5.74) is 7.28. The van der Waals surface area contributed by atoms with Crippen molar-refractivity contribution in [2.75, 3.05) is 0 Å². The Balaban J connectivity index is 1.67. The van der Waals surface area contributed by atoms with Gasteiger partial charge in [-0.1, -0.05) is 36.4 Å². The summed E-state index contributed by atoms with van der Waals surface area (Å²) >= 11 is 0. The second kappa shape index (κ2) is 9.32. The molecule has 0 aliphatic rings. The largest absolute Gasteiger partial charge is 0.427 e. The summed E-state index contributed by atoms with van der Waals surface area (Å²) in [4.78, 5) is 27.9. The number of aromatic nitrogens is 2. The molecule has 0 bridgehead atoms. The molecule has 3 aromatic carbocycles. The Labute approximate surface area is 208 Å². The van der Waals surface area contributed by atoms with Gasteiger partial charge in [0.15, 0.2) is 5.78 Å². The predicted octanol–water partition coefficient (Wildman–Crippen LogP) is 6.33. The lowest BCUT2D eigenvalue weighted by molar-refractivity contribution is -0.131. The van der Waals surface area contributed by atoms with Crippen molar-refractivity contribution in [3.8, 4) is 45.3 Å². The van der Waals surface area contributed by atoms with Crippen molar-refractivity contribution in [3.63, 3.8) is 0 Å². The normalized spacial score (nSPS) is 10.7. The molecule has 5 aromatic rings. The van der Waals surface area contributed by atoms with Gasteiger partial charge in [0.05, 0.1) is 17.3 Å². The van der Waals surface area contributed by atoms with Crippen molar-refractivity contribution in [2.45, 2.75) is 13.8 Å². The SMILES string of the molecule is CC(=O)Oc1ccc(-c2cn3cc(-c4cccc(C#N)c4)cc(-c4ccc(C(C)=O)cc4)c3n2)cc1. The van der Waals surface area contributed by atoms with Gasteiger partial charge in [-0.3, -0.25) is 9.59 Å². The molecule has 0 amide bonds. The number of carbonyl (C=O) groups is 2. The minimum Gasteiger partial charge on any atom is -0.427 e. The lowest BCUT2D eigenvalue weighted by Crippen LogP contribution is -2.00. The number of nitriles is 1. The van der Waals surface area contributed by atoms with Gasteiger partial charge in [0.1, 0.15) is 11.4 Å². The first-order chi connectivity index (χ1) is 17.4. The zero-order chi connectivity index (χ0) is 25.2. The summed E-state index contributed by atoms with van der Waals surface area (Å²) < 4.78 is 7.11. The fraction of sp³-hybridized carbons (Fsp3) is 0.0667. The van der Waals surface area contributed by atoms with Crippen molar-refractivity contribution in [1.29, 1.82) is 5.26 Å². The number of carbonyl (C=O) groups excluding carboxylic acids is 2. The minimum absolute atomic E-state index is 0.00839. The van der Waals surface area contributed by atoms with Crippen LogP contribution in [0.1, 0.15) is 29.8 Å². The molecule has 0 saturated heterocycles. The highest BCUT2D eigenvalue weighted by molar-refractivity contribution is 5.95. The molecular weight excluding hydrogens is 450 g/mol. The number of ether oxygens (including phenoxy) is 1. The third kappa shape index (κ3) is 4.50. The molecule has 0 atom stereocenters. The monoisotopic (exact) mass is 471 g/mol. The number of Topliss-reactive ketones (excluding diaryl/α,β-unsaturated/α-hetero) is 1. The van der Waals surface area contributed by atoms with E-state index in [2.05, 4.69) is 12.1 Å². The van der Waals surface area contributed by atoms with Gasteiger partial charge in [-0.05, 0) is 66.1 Å². The Morgan fingerprint density at radius 2 is 1.56 bits per heavy atom. The highest BCUT2D eigenvalue weighted by Crippen LogP contribution is 2.33. The van der Waals surface area contributed by atoms with Crippen LogP contribution in [0.3, 0.4) is 0 Å². The van der Waals surface area contributed by atoms with Crippen molar-refractivity contribution in [3.05, 3.63) is 102 Å². The van der Waals surface area contributed by atoms with E-state index in [9.17, 15) is 14.9 Å². The molecule has 0 unspecified atom stereocenters. The maximum atomic E-state index is 11.8. The summed E-state index contributed by atoms with van der Waals surface area (Å²) in [7, 11) is 0. The van der Waals surface area contributed by atoms with Gasteiger partial charge in [0, 0.05) is 36.0 Å². The van der Waals surface area contributed by atoms with Gasteiger partial charge in [-0.2, -0.15) is 5.26 Å². The van der Waals surface area contributed by atoms with Crippen LogP contribution in [-0.4, -0.2) is 21.1 Å². The Bertz CT molecular complexity index is 1660. The number of rotatable bonds is 5. The molecule has 0 fully saturated rings. The molecule has 0 aliphatic heterocycles. The Morgan fingerprint density at radius 3 is 2.22 bits per heavy atom. The fourth-order valence-corrected chi connectivity index (χ4v) is 4.12. The lowest BCUT2D eigenvalue weighted by atomic mass is 9.99. The molecule has 0 radical (unpaired) electrons. The Hall–Kier alpha value is -5.02. The molecule has 0 spiro atoms. The van der Waals surface area contributed by atoms with Crippen LogP contribution in [0.25, 0.3) is 39.2 Å². The summed E-state index contributed by atoms with van der Waals surface area (Å²) in [6.45, 7) is 2.91. The number of hydrogen-bond donors (Lipinski definition) is 0. The zero-order valence-electron chi connectivity index (χ0n) is 19.7. The van der Waals surface area contributed by atoms with Crippen LogP contribution in [-0.2, 0) is 4.79 Å². The second-order valence-electron chi connectivity index (χ2n) is 8.44. The molecule has 36 heavy (non-hydrogen) atoms. The number of pyridine rings is 1. The van der Waals surface area contributed by atoms with E-state index in [-0.39, 0.29) is 11.8 Å². The van der Waals surface area contributed by atoms with E-state index in [0.717, 1.165) is 39.2 Å². The van der Waals surface area contributed by atoms with E-state index in [1.165, 1.54) is 6.92 Å². The Morgan fingerprint density at radius 1 is 0.833 bits per heavy atom. The number of imidazole rings is 1. The fourth-order valence-electron chi connectivity index (χ4n) is 4.12. The molecule has 0 saturated carbocycles. The smallest absolute Gasteiger partial charge is 0.308 e. The summed E-state index contributed by atoms with van der Waals surface area (Å²) in [5, 5.41) is 9.36. The van der Waals surface area contributed by atoms with E-state index < -0.39 is 0 Å². The maximum Gasteiger partial charge on any atom is 0.308 e. The van der Waals surface area contributed by atoms with E-state index in [1.54, 1.807) is 25.1 Å². The van der Waals surface area contributed by atoms with E-state index in [4.69, 9.17) is 9.72 Å². The van der Waals surface area contributed by atoms with Crippen LogP contribution in [0, 0.1) is 11.3 Å². The summed E-state index contributed by atoms with van der Waals surface area (Å²) in [6.07, 6.45) is 3.93. The van der Waals surface area contributed by atoms with Crippen LogP contribution in [0.15, 0.2) is 91.3 Å². The highest BCUT2D eigenvalue weighted by Gasteiger charge is 2.14. The number of ketones is 1. The van der Waals surface area contributed by atoms with Crippen LogP contribution in [0.5, 0.6) is 5.75 Å². The third-order valence-electron chi connectivity index (χ3n) is 5.89. The van der Waals surface area contributed by atoms with Gasteiger partial charge in [0.2, 0.25) is 0 Å². The quantitative estimate of drug-likeness (QED) is 0.170. The van der Waals surface area contributed by atoms with Crippen molar-refractivity contribution >= 4 is 17.4 Å². The molecule has 0 N–H and O–H groups in total. The first kappa shape index (κ1) is 22.8. The van der Waals surface area contributed by atoms with Crippen LogP contribution in [0.2, 0.25) is 0 Å². The Kier molecular flexibility index (Phi) is 5.89. The van der Waals surface area contributed by atoms with Gasteiger partial charge in [-0.15, -0.1) is 0 Å². The average molecular weight is 472 g/mol. The average Bonchev–Trinajstić information content (AvgIpc) is 3.32. The van der Waals surface area contributed by atoms with Gasteiger partial charge in [-0.25, -0.2) is 4.98 Å². The van der Waals surface area contributed by atoms with Gasteiger partial charge in [0.25, 0.3) is 0 Å². The van der Waals surface area contributed by atoms with Crippen LogP contribution >= 0.6 is 0 Å². The van der Waals surface area contributed by atoms with Crippen molar-refractivity contribution < 1.29 is 14.3 Å². The number of nitrogens with zero attached hydrogens (tertiary/aromatic N) is 3. The second-order valence-corrected chi connectivity index (χ2v) is 8.44. The number of benzene rings is 3. The molecular formula is C30H21N3O3. The topological polar surface area (TPSA) is 84.5 Å². The molecule has 2 heterocycles. The number of hydrogen-bond acceptors (Lipinski definition) is 5. The third-order valence-corrected chi connectivity index (χ3v) is 5.89. The molecule has 0 aliphatic carbocycles. The molecule has 6 nitrogen and oxygen atoms in total. The highest BCUT2D eigenvalue weighted by atomic mass is 16.5. The molecule has 2 aromatic heterocycles. The standard InChI is InChI=1S/C30H21N3O3/c1-19(34)22-6-8-23(9-7-22)28-15-26(25-5-3-4-21(14-25)16-31)17-33-18-29(32-30(28)33)24-10-12-27(13-11-24)36-20(2)35/h3-15,17-18H,1-2H3. The first-order valence-corrected chi connectivity index (χ1v) is 11.3. The van der Waals surface area contributed by atoms with Crippen LogP contribution < -0.4 is 4.74 Å².